The van der Waals surface area contributed by atoms with Gasteiger partial charge in [0, 0.05) is 10.0 Å². The van der Waals surface area contributed by atoms with Crippen molar-refractivity contribution in [1.29, 1.82) is 0 Å². The topological polar surface area (TPSA) is 18.5 Å². The van der Waals surface area contributed by atoms with Crippen molar-refractivity contribution in [2.24, 2.45) is 0 Å². The quantitative estimate of drug-likeness (QED) is 0.692. The molecule has 2 aromatic carbocycles. The van der Waals surface area contributed by atoms with E-state index in [1.807, 2.05) is 0 Å². The summed E-state index contributed by atoms with van der Waals surface area (Å²) in [7, 11) is 3.00. The summed E-state index contributed by atoms with van der Waals surface area (Å²) in [6.45, 7) is 0. The highest BCUT2D eigenvalue weighted by atomic mass is 79.9. The number of hydrogen-bond donors (Lipinski definition) is 0. The summed E-state index contributed by atoms with van der Waals surface area (Å²) in [5.74, 6) is -0.927. The minimum absolute atomic E-state index is 0.0598. The average Bonchev–Trinajstić information content (AvgIpc) is 2.49. The Bertz CT molecular complexity index is 664. The van der Waals surface area contributed by atoms with Crippen molar-refractivity contribution in [1.82, 2.24) is 0 Å². The Morgan fingerprint density at radius 3 is 2.29 bits per heavy atom. The maximum absolute atomic E-state index is 13.9. The maximum Gasteiger partial charge on any atom is 0.163 e. The van der Waals surface area contributed by atoms with Gasteiger partial charge in [-0.05, 0) is 23.8 Å². The summed E-state index contributed by atoms with van der Waals surface area (Å²) in [5.41, 5.74) is 0.614. The molecule has 1 unspecified atom stereocenters. The first-order chi connectivity index (χ1) is 9.99. The van der Waals surface area contributed by atoms with Gasteiger partial charge in [-0.15, -0.1) is 11.6 Å². The van der Waals surface area contributed by atoms with Crippen LogP contribution in [0, 0.1) is 11.6 Å². The Morgan fingerprint density at radius 2 is 1.67 bits per heavy atom. The zero-order chi connectivity index (χ0) is 15.6. The molecular formula is C15H12BrClF2O2. The first-order valence-electron chi connectivity index (χ1n) is 5.99. The first-order valence-corrected chi connectivity index (χ1v) is 7.22. The highest BCUT2D eigenvalue weighted by Gasteiger charge is 2.22. The minimum Gasteiger partial charge on any atom is -0.493 e. The van der Waals surface area contributed by atoms with Crippen LogP contribution < -0.4 is 9.47 Å². The second-order valence-electron chi connectivity index (χ2n) is 4.23. The molecule has 0 saturated carbocycles. The predicted octanol–water partition coefficient (Wildman–Crippen LogP) is 5.07. The summed E-state index contributed by atoms with van der Waals surface area (Å²) >= 11 is 9.66. The van der Waals surface area contributed by atoms with Crippen LogP contribution in [-0.2, 0) is 0 Å². The molecular weight excluding hydrogens is 366 g/mol. The first kappa shape index (κ1) is 16.0. The molecule has 2 aromatic rings. The SMILES string of the molecule is COc1cc(Br)c(C(Cl)c2cccc(F)c2F)cc1OC. The Balaban J connectivity index is 2.53. The number of hydrogen-bond acceptors (Lipinski definition) is 2. The standard InChI is InChI=1S/C15H12BrClF2O2/c1-20-12-6-9(10(16)7-13(12)21-2)14(17)8-4-3-5-11(18)15(8)19/h3-7,14H,1-2H3. The molecule has 112 valence electrons. The van der Waals surface area contributed by atoms with Crippen LogP contribution in [0.4, 0.5) is 8.78 Å². The monoisotopic (exact) mass is 376 g/mol. The van der Waals surface area contributed by atoms with Gasteiger partial charge >= 0.3 is 0 Å². The second kappa shape index (κ2) is 6.62. The third kappa shape index (κ3) is 3.14. The van der Waals surface area contributed by atoms with E-state index in [9.17, 15) is 8.78 Å². The Morgan fingerprint density at radius 1 is 1.05 bits per heavy atom. The van der Waals surface area contributed by atoms with Crippen molar-refractivity contribution in [2.45, 2.75) is 5.38 Å². The molecule has 21 heavy (non-hydrogen) atoms. The van der Waals surface area contributed by atoms with Crippen LogP contribution in [0.1, 0.15) is 16.5 Å². The van der Waals surface area contributed by atoms with Gasteiger partial charge in [0.1, 0.15) is 0 Å². The van der Waals surface area contributed by atoms with Crippen LogP contribution in [0.15, 0.2) is 34.8 Å². The van der Waals surface area contributed by atoms with E-state index >= 15 is 0 Å². The maximum atomic E-state index is 13.9. The molecule has 0 aliphatic heterocycles. The molecule has 0 aromatic heterocycles. The van der Waals surface area contributed by atoms with Gasteiger partial charge < -0.3 is 9.47 Å². The molecule has 2 nitrogen and oxygen atoms in total. The van der Waals surface area contributed by atoms with Crippen LogP contribution in [0.5, 0.6) is 11.5 Å². The predicted molar refractivity (Wildman–Crippen MR) is 81.3 cm³/mol. The molecule has 0 aliphatic carbocycles. The van der Waals surface area contributed by atoms with Gasteiger partial charge in [0.2, 0.25) is 0 Å². The molecule has 0 fully saturated rings. The molecule has 0 bridgehead atoms. The van der Waals surface area contributed by atoms with Crippen molar-refractivity contribution < 1.29 is 18.3 Å². The van der Waals surface area contributed by atoms with E-state index in [0.29, 0.717) is 21.5 Å². The summed E-state index contributed by atoms with van der Waals surface area (Å²) in [4.78, 5) is 0. The van der Waals surface area contributed by atoms with E-state index in [2.05, 4.69) is 15.9 Å². The fourth-order valence-electron chi connectivity index (χ4n) is 1.95. The number of alkyl halides is 1. The molecule has 0 N–H and O–H groups in total. The fourth-order valence-corrected chi connectivity index (χ4v) is 2.98. The zero-order valence-electron chi connectivity index (χ0n) is 11.3. The van der Waals surface area contributed by atoms with Gasteiger partial charge in [0.05, 0.1) is 19.6 Å². The molecule has 0 radical (unpaired) electrons. The lowest BCUT2D eigenvalue weighted by atomic mass is 10.0. The van der Waals surface area contributed by atoms with Crippen molar-refractivity contribution in [3.05, 3.63) is 57.6 Å². The third-order valence-electron chi connectivity index (χ3n) is 3.03. The van der Waals surface area contributed by atoms with Gasteiger partial charge in [-0.2, -0.15) is 0 Å². The number of rotatable bonds is 4. The largest absolute Gasteiger partial charge is 0.493 e. The van der Waals surface area contributed by atoms with Crippen molar-refractivity contribution in [3.63, 3.8) is 0 Å². The number of benzene rings is 2. The van der Waals surface area contributed by atoms with E-state index in [0.717, 1.165) is 6.07 Å². The summed E-state index contributed by atoms with van der Waals surface area (Å²) in [6, 6.07) is 7.20. The molecule has 0 saturated heterocycles. The Kier molecular flexibility index (Phi) is 5.06. The number of methoxy groups -OCH3 is 2. The lowest BCUT2D eigenvalue weighted by Gasteiger charge is -2.16. The molecule has 0 amide bonds. The van der Waals surface area contributed by atoms with Crippen LogP contribution in [0.2, 0.25) is 0 Å². The molecule has 6 heteroatoms. The van der Waals surface area contributed by atoms with Crippen molar-refractivity contribution in [3.8, 4) is 11.5 Å². The molecule has 1 atom stereocenters. The summed E-state index contributed by atoms with van der Waals surface area (Å²) in [6.07, 6.45) is 0. The van der Waals surface area contributed by atoms with E-state index in [1.165, 1.54) is 26.4 Å². The van der Waals surface area contributed by atoms with Gasteiger partial charge in [0.25, 0.3) is 0 Å². The Hall–Kier alpha value is -1.33. The van der Waals surface area contributed by atoms with Gasteiger partial charge in [-0.1, -0.05) is 28.1 Å². The Labute approximate surface area is 134 Å². The third-order valence-corrected chi connectivity index (χ3v) is 4.19. The highest BCUT2D eigenvalue weighted by Crippen LogP contribution is 2.41. The molecule has 2 rings (SSSR count). The van der Waals surface area contributed by atoms with E-state index in [-0.39, 0.29) is 5.56 Å². The summed E-state index contributed by atoms with van der Waals surface area (Å²) < 4.78 is 38.2. The van der Waals surface area contributed by atoms with Crippen LogP contribution >= 0.6 is 27.5 Å². The van der Waals surface area contributed by atoms with Crippen molar-refractivity contribution in [2.75, 3.05) is 14.2 Å². The highest BCUT2D eigenvalue weighted by molar-refractivity contribution is 9.10. The van der Waals surface area contributed by atoms with E-state index < -0.39 is 17.0 Å². The molecule has 0 spiro atoms. The number of ether oxygens (including phenoxy) is 2. The van der Waals surface area contributed by atoms with Crippen LogP contribution in [0.3, 0.4) is 0 Å². The smallest absolute Gasteiger partial charge is 0.163 e. The van der Waals surface area contributed by atoms with Gasteiger partial charge in [0.15, 0.2) is 23.1 Å². The van der Waals surface area contributed by atoms with Crippen LogP contribution in [0.25, 0.3) is 0 Å². The van der Waals surface area contributed by atoms with Crippen LogP contribution in [-0.4, -0.2) is 14.2 Å². The molecule has 0 heterocycles. The van der Waals surface area contributed by atoms with E-state index in [4.69, 9.17) is 21.1 Å². The normalized spacial score (nSPS) is 12.1. The minimum atomic E-state index is -0.959. The van der Waals surface area contributed by atoms with Gasteiger partial charge in [-0.3, -0.25) is 0 Å². The average molecular weight is 378 g/mol. The second-order valence-corrected chi connectivity index (χ2v) is 5.53. The van der Waals surface area contributed by atoms with E-state index in [1.54, 1.807) is 12.1 Å². The fraction of sp³-hybridized carbons (Fsp3) is 0.200. The lowest BCUT2D eigenvalue weighted by molar-refractivity contribution is 0.354. The number of halogens is 4. The lowest BCUT2D eigenvalue weighted by Crippen LogP contribution is -2.01. The summed E-state index contributed by atoms with van der Waals surface area (Å²) in [5, 5.41) is -0.866. The zero-order valence-corrected chi connectivity index (χ0v) is 13.6. The van der Waals surface area contributed by atoms with Gasteiger partial charge in [-0.25, -0.2) is 8.78 Å². The molecule has 0 aliphatic rings. The van der Waals surface area contributed by atoms with Crippen molar-refractivity contribution >= 4 is 27.5 Å².